The van der Waals surface area contributed by atoms with E-state index < -0.39 is 18.0 Å². The van der Waals surface area contributed by atoms with Gasteiger partial charge in [0, 0.05) is 31.7 Å². The molecule has 3 aromatic rings. The lowest BCUT2D eigenvalue weighted by molar-refractivity contribution is -0.137. The lowest BCUT2D eigenvalue weighted by Gasteiger charge is -2.31. The highest BCUT2D eigenvalue weighted by molar-refractivity contribution is 6.22. The molecule has 0 N–H and O–H groups in total. The summed E-state index contributed by atoms with van der Waals surface area (Å²) in [5.74, 6) is -0.277. The van der Waals surface area contributed by atoms with Crippen LogP contribution in [0.5, 0.6) is 0 Å². The predicted molar refractivity (Wildman–Crippen MR) is 155 cm³/mol. The van der Waals surface area contributed by atoms with Crippen LogP contribution in [0.3, 0.4) is 0 Å². The van der Waals surface area contributed by atoms with Crippen molar-refractivity contribution in [3.63, 3.8) is 0 Å². The van der Waals surface area contributed by atoms with Gasteiger partial charge in [-0.05, 0) is 35.4 Å². The van der Waals surface area contributed by atoms with Crippen LogP contribution in [0.1, 0.15) is 51.9 Å². The summed E-state index contributed by atoms with van der Waals surface area (Å²) in [6.07, 6.45) is -4.99. The highest BCUT2D eigenvalue weighted by Gasteiger charge is 2.40. The Hall–Kier alpha value is -4.22. The molecule has 3 aliphatic rings. The zero-order chi connectivity index (χ0) is 30.6. The summed E-state index contributed by atoms with van der Waals surface area (Å²) in [5.41, 5.74) is 2.23. The van der Waals surface area contributed by atoms with E-state index in [9.17, 15) is 22.8 Å². The number of imide groups is 1. The first-order valence-corrected chi connectivity index (χ1v) is 14.3. The third-order valence-electron chi connectivity index (χ3n) is 7.55. The van der Waals surface area contributed by atoms with Crippen molar-refractivity contribution in [3.8, 4) is 11.1 Å². The fourth-order valence-corrected chi connectivity index (χ4v) is 5.25. The molecule has 3 aliphatic heterocycles. The van der Waals surface area contributed by atoms with Gasteiger partial charge < -0.3 is 14.5 Å². The van der Waals surface area contributed by atoms with Crippen LogP contribution in [-0.4, -0.2) is 78.3 Å². The number of alkyl halides is 3. The van der Waals surface area contributed by atoms with Gasteiger partial charge >= 0.3 is 6.18 Å². The lowest BCUT2D eigenvalue weighted by Crippen LogP contribution is -2.46. The van der Waals surface area contributed by atoms with E-state index in [0.717, 1.165) is 36.3 Å². The van der Waals surface area contributed by atoms with E-state index in [1.165, 1.54) is 17.0 Å². The highest BCUT2D eigenvalue weighted by Crippen LogP contribution is 2.33. The number of carbonyl (C=O) groups is 2. The molecule has 1 unspecified atom stereocenters. The van der Waals surface area contributed by atoms with Crippen molar-refractivity contribution in [1.82, 2.24) is 14.7 Å². The summed E-state index contributed by atoms with van der Waals surface area (Å²) < 4.78 is 44.3. The molecule has 0 saturated carbocycles. The molecule has 6 rings (SSSR count). The Kier molecular flexibility index (Phi) is 9.12. The van der Waals surface area contributed by atoms with E-state index in [1.807, 2.05) is 43.0 Å². The van der Waals surface area contributed by atoms with Crippen LogP contribution in [0.4, 0.5) is 13.2 Å². The van der Waals surface area contributed by atoms with E-state index >= 15 is 0 Å². The first kappa shape index (κ1) is 30.2. The molecule has 43 heavy (non-hydrogen) atoms. The Balaban J connectivity index is 0.00000180. The van der Waals surface area contributed by atoms with Crippen molar-refractivity contribution in [2.24, 2.45) is 5.16 Å². The van der Waals surface area contributed by atoms with Gasteiger partial charge in [-0.25, -0.2) is 0 Å². The van der Waals surface area contributed by atoms with Gasteiger partial charge in [0.05, 0.1) is 36.4 Å². The quantitative estimate of drug-likeness (QED) is 0.328. The number of amides is 2. The van der Waals surface area contributed by atoms with Crippen LogP contribution in [0, 0.1) is 0 Å². The van der Waals surface area contributed by atoms with Gasteiger partial charge in [-0.15, -0.1) is 0 Å². The maximum atomic E-state index is 13.0. The Morgan fingerprint density at radius 1 is 0.814 bits per heavy atom. The first-order valence-electron chi connectivity index (χ1n) is 14.3. The van der Waals surface area contributed by atoms with Crippen LogP contribution in [0.15, 0.2) is 78.0 Å². The number of amidine groups is 1. The van der Waals surface area contributed by atoms with Crippen LogP contribution < -0.4 is 0 Å². The SMILES string of the molecule is CC.O=C1c2ccccc2C(=O)N1CC1=NOC(c2ccc(-c3ccc(C(F)(F)F)cc3)cc2)N1CCN1CCOCC1. The molecule has 0 radical (unpaired) electrons. The monoisotopic (exact) mass is 594 g/mol. The Morgan fingerprint density at radius 3 is 1.93 bits per heavy atom. The number of rotatable bonds is 7. The fourth-order valence-electron chi connectivity index (χ4n) is 5.25. The standard InChI is InChI=1S/C30H27F3N4O4.C2H6/c31-30(32,33)23-11-9-21(10-12-23)20-5-7-22(8-6-20)29-36(14-13-35-15-17-40-18-16-35)26(34-41-29)19-37-27(38)24-3-1-2-4-25(24)28(37)39;1-2/h1-12,29H,13-19H2;1-2H3. The van der Waals surface area contributed by atoms with Gasteiger partial charge in [-0.3, -0.25) is 19.4 Å². The largest absolute Gasteiger partial charge is 0.416 e. The van der Waals surface area contributed by atoms with Crippen molar-refractivity contribution in [3.05, 3.63) is 95.1 Å². The maximum absolute atomic E-state index is 13.0. The number of ether oxygens (including phenoxy) is 1. The number of hydrogen-bond acceptors (Lipinski definition) is 7. The summed E-state index contributed by atoms with van der Waals surface area (Å²) in [6, 6.07) is 19.1. The number of morpholine rings is 1. The predicted octanol–water partition coefficient (Wildman–Crippen LogP) is 5.67. The average Bonchev–Trinajstić information content (AvgIpc) is 3.55. The van der Waals surface area contributed by atoms with Gasteiger partial charge in [0.2, 0.25) is 6.23 Å². The minimum atomic E-state index is -4.39. The minimum Gasteiger partial charge on any atom is -0.379 e. The number of nitrogens with zero attached hydrogens (tertiary/aromatic N) is 4. The molecule has 3 heterocycles. The Bertz CT molecular complexity index is 1430. The molecule has 0 spiro atoms. The molecule has 1 fully saturated rings. The molecule has 0 bridgehead atoms. The van der Waals surface area contributed by atoms with Crippen molar-refractivity contribution in [2.75, 3.05) is 45.9 Å². The molecular formula is C32H33F3N4O4. The van der Waals surface area contributed by atoms with Gasteiger partial charge in [-0.2, -0.15) is 13.2 Å². The van der Waals surface area contributed by atoms with Crippen LogP contribution in [0.25, 0.3) is 11.1 Å². The third kappa shape index (κ3) is 6.42. The third-order valence-corrected chi connectivity index (χ3v) is 7.55. The van der Waals surface area contributed by atoms with Gasteiger partial charge in [-0.1, -0.05) is 67.5 Å². The molecule has 3 aromatic carbocycles. The van der Waals surface area contributed by atoms with E-state index in [2.05, 4.69) is 10.1 Å². The Morgan fingerprint density at radius 2 is 1.37 bits per heavy atom. The molecule has 1 saturated heterocycles. The number of fused-ring (bicyclic) bond motifs is 1. The molecule has 2 amide bonds. The van der Waals surface area contributed by atoms with E-state index in [0.29, 0.717) is 48.8 Å². The van der Waals surface area contributed by atoms with Crippen molar-refractivity contribution in [2.45, 2.75) is 26.3 Å². The van der Waals surface area contributed by atoms with Crippen LogP contribution in [-0.2, 0) is 15.8 Å². The summed E-state index contributed by atoms with van der Waals surface area (Å²) in [7, 11) is 0. The zero-order valence-corrected chi connectivity index (χ0v) is 24.0. The fraction of sp³-hybridized carbons (Fsp3) is 0.344. The molecular weight excluding hydrogens is 561 g/mol. The molecule has 0 aromatic heterocycles. The van der Waals surface area contributed by atoms with Gasteiger partial charge in [0.1, 0.15) is 0 Å². The summed E-state index contributed by atoms with van der Waals surface area (Å²) >= 11 is 0. The number of carbonyl (C=O) groups excluding carboxylic acids is 2. The maximum Gasteiger partial charge on any atom is 0.416 e. The Labute approximate surface area is 248 Å². The normalized spacial score (nSPS) is 18.6. The smallest absolute Gasteiger partial charge is 0.379 e. The number of hydrogen-bond donors (Lipinski definition) is 0. The van der Waals surface area contributed by atoms with E-state index in [-0.39, 0.29) is 18.4 Å². The second-order valence-corrected chi connectivity index (χ2v) is 10.1. The summed E-state index contributed by atoms with van der Waals surface area (Å²) in [6.45, 7) is 8.11. The zero-order valence-electron chi connectivity index (χ0n) is 24.0. The lowest BCUT2D eigenvalue weighted by atomic mass is 10.0. The minimum absolute atomic E-state index is 0.0321. The second-order valence-electron chi connectivity index (χ2n) is 10.1. The van der Waals surface area contributed by atoms with Crippen LogP contribution >= 0.6 is 0 Å². The van der Waals surface area contributed by atoms with Gasteiger partial charge in [0.25, 0.3) is 11.8 Å². The van der Waals surface area contributed by atoms with Gasteiger partial charge in [0.15, 0.2) is 5.84 Å². The molecule has 11 heteroatoms. The summed E-state index contributed by atoms with van der Waals surface area (Å²) in [5, 5.41) is 4.29. The van der Waals surface area contributed by atoms with Crippen molar-refractivity contribution in [1.29, 1.82) is 0 Å². The second kappa shape index (κ2) is 13.0. The molecule has 1 atom stereocenters. The topological polar surface area (TPSA) is 74.7 Å². The molecule has 226 valence electrons. The molecule has 8 nitrogen and oxygen atoms in total. The first-order chi connectivity index (χ1) is 20.8. The molecule has 0 aliphatic carbocycles. The number of oxime groups is 1. The summed E-state index contributed by atoms with van der Waals surface area (Å²) in [4.78, 5) is 37.3. The average molecular weight is 595 g/mol. The van der Waals surface area contributed by atoms with Crippen molar-refractivity contribution >= 4 is 17.6 Å². The highest BCUT2D eigenvalue weighted by atomic mass is 19.4. The van der Waals surface area contributed by atoms with E-state index in [4.69, 9.17) is 9.57 Å². The van der Waals surface area contributed by atoms with Crippen LogP contribution in [0.2, 0.25) is 0 Å². The van der Waals surface area contributed by atoms with E-state index in [1.54, 1.807) is 24.3 Å². The number of halogens is 3. The number of benzene rings is 3. The van der Waals surface area contributed by atoms with Crippen molar-refractivity contribution < 1.29 is 32.3 Å².